The molecule has 0 unspecified atom stereocenters. The van der Waals surface area contributed by atoms with Gasteiger partial charge in [-0.1, -0.05) is 17.3 Å². The topological polar surface area (TPSA) is 77.4 Å². The van der Waals surface area contributed by atoms with Crippen LogP contribution in [0.2, 0.25) is 0 Å². The number of aliphatic carboxylic acids is 1. The standard InChI is InChI=1S/C23H26F3NO5/c1-14-12-16(13-15(2)20(14)32-22(3,4)21(28)29)6-11-19(27-30-5)17-7-9-18(10-8-17)31-23(24,25)26/h7-10,12-13H,6,11H2,1-5H3,(H,28,29)/b27-19+. The second kappa shape index (κ2) is 9.93. The van der Waals surface area contributed by atoms with E-state index in [2.05, 4.69) is 9.89 Å². The van der Waals surface area contributed by atoms with E-state index in [0.717, 1.165) is 16.7 Å². The average molecular weight is 453 g/mol. The summed E-state index contributed by atoms with van der Waals surface area (Å²) in [5.41, 5.74) is 2.38. The van der Waals surface area contributed by atoms with Gasteiger partial charge >= 0.3 is 12.3 Å². The summed E-state index contributed by atoms with van der Waals surface area (Å²) in [6.45, 7) is 6.65. The summed E-state index contributed by atoms with van der Waals surface area (Å²) in [5, 5.41) is 13.3. The van der Waals surface area contributed by atoms with Gasteiger partial charge in [-0.15, -0.1) is 13.2 Å². The zero-order valence-electron chi connectivity index (χ0n) is 18.5. The van der Waals surface area contributed by atoms with Gasteiger partial charge in [-0.3, -0.25) is 0 Å². The molecule has 0 aromatic heterocycles. The van der Waals surface area contributed by atoms with Crippen molar-refractivity contribution in [1.29, 1.82) is 0 Å². The van der Waals surface area contributed by atoms with Crippen LogP contribution in [0.1, 0.15) is 42.5 Å². The zero-order chi connectivity index (χ0) is 24.1. The Morgan fingerprint density at radius 2 is 1.59 bits per heavy atom. The van der Waals surface area contributed by atoms with E-state index in [9.17, 15) is 23.1 Å². The van der Waals surface area contributed by atoms with Gasteiger partial charge in [0.1, 0.15) is 18.6 Å². The molecule has 0 saturated heterocycles. The summed E-state index contributed by atoms with van der Waals surface area (Å²) in [6.07, 6.45) is -3.71. The Kier molecular flexibility index (Phi) is 7.77. The third-order valence-electron chi connectivity index (χ3n) is 4.67. The Bertz CT molecular complexity index is 959. The molecule has 9 heteroatoms. The van der Waals surface area contributed by atoms with E-state index in [1.807, 2.05) is 26.0 Å². The number of nitrogens with zero attached hydrogens (tertiary/aromatic N) is 1. The molecule has 0 amide bonds. The molecule has 1 N–H and O–H groups in total. The normalized spacial score (nSPS) is 12.4. The molecule has 6 nitrogen and oxygen atoms in total. The molecule has 2 aromatic carbocycles. The molecule has 0 heterocycles. The van der Waals surface area contributed by atoms with Gasteiger partial charge in [0, 0.05) is 0 Å². The summed E-state index contributed by atoms with van der Waals surface area (Å²) >= 11 is 0. The number of carboxylic acids is 1. The van der Waals surface area contributed by atoms with E-state index in [4.69, 9.17) is 9.57 Å². The fourth-order valence-electron chi connectivity index (χ4n) is 3.11. The van der Waals surface area contributed by atoms with Crippen LogP contribution in [0.15, 0.2) is 41.6 Å². The summed E-state index contributed by atoms with van der Waals surface area (Å²) in [4.78, 5) is 16.3. The quantitative estimate of drug-likeness (QED) is 0.405. The van der Waals surface area contributed by atoms with Crippen molar-refractivity contribution in [3.05, 3.63) is 58.7 Å². The molecule has 2 rings (SSSR count). The van der Waals surface area contributed by atoms with Crippen LogP contribution in [-0.2, 0) is 16.1 Å². The molecule has 0 saturated carbocycles. The van der Waals surface area contributed by atoms with E-state index in [-0.39, 0.29) is 5.75 Å². The summed E-state index contributed by atoms with van der Waals surface area (Å²) < 4.78 is 46.7. The number of halogens is 3. The molecule has 0 atom stereocenters. The van der Waals surface area contributed by atoms with Gasteiger partial charge in [0.25, 0.3) is 0 Å². The fraction of sp³-hybridized carbons (Fsp3) is 0.391. The van der Waals surface area contributed by atoms with Crippen LogP contribution in [0.4, 0.5) is 13.2 Å². The second-order valence-corrected chi connectivity index (χ2v) is 7.77. The molecular formula is C23H26F3NO5. The molecule has 0 aliphatic carbocycles. The van der Waals surface area contributed by atoms with Crippen molar-refractivity contribution in [3.63, 3.8) is 0 Å². The van der Waals surface area contributed by atoms with Crippen LogP contribution in [-0.4, -0.2) is 35.9 Å². The highest BCUT2D eigenvalue weighted by Crippen LogP contribution is 2.29. The summed E-state index contributed by atoms with van der Waals surface area (Å²) in [6, 6.07) is 9.23. The number of hydrogen-bond acceptors (Lipinski definition) is 5. The highest BCUT2D eigenvalue weighted by molar-refractivity contribution is 6.00. The molecular weight excluding hydrogens is 427 g/mol. The Hall–Kier alpha value is -3.23. The fourth-order valence-corrected chi connectivity index (χ4v) is 3.11. The van der Waals surface area contributed by atoms with E-state index < -0.39 is 17.9 Å². The van der Waals surface area contributed by atoms with Crippen LogP contribution in [0.5, 0.6) is 11.5 Å². The van der Waals surface area contributed by atoms with E-state index >= 15 is 0 Å². The molecule has 0 radical (unpaired) electrons. The number of aryl methyl sites for hydroxylation is 3. The molecule has 174 valence electrons. The molecule has 0 spiro atoms. The Balaban J connectivity index is 2.16. The molecule has 0 aliphatic heterocycles. The lowest BCUT2D eigenvalue weighted by atomic mass is 9.98. The van der Waals surface area contributed by atoms with Crippen molar-refractivity contribution < 1.29 is 37.4 Å². The first-order valence-electron chi connectivity index (χ1n) is 9.81. The van der Waals surface area contributed by atoms with Gasteiger partial charge in [0.2, 0.25) is 0 Å². The Morgan fingerprint density at radius 3 is 2.06 bits per heavy atom. The largest absolute Gasteiger partial charge is 0.573 e. The first kappa shape index (κ1) is 25.0. The third kappa shape index (κ3) is 6.90. The van der Waals surface area contributed by atoms with E-state index in [0.29, 0.717) is 29.9 Å². The van der Waals surface area contributed by atoms with Crippen LogP contribution in [0.25, 0.3) is 0 Å². The molecule has 0 aliphatic rings. The smallest absolute Gasteiger partial charge is 0.478 e. The maximum Gasteiger partial charge on any atom is 0.573 e. The van der Waals surface area contributed by atoms with Crippen molar-refractivity contribution >= 4 is 11.7 Å². The van der Waals surface area contributed by atoms with Crippen LogP contribution in [0.3, 0.4) is 0 Å². The van der Waals surface area contributed by atoms with E-state index in [1.165, 1.54) is 45.2 Å². The first-order valence-corrected chi connectivity index (χ1v) is 9.81. The van der Waals surface area contributed by atoms with Crippen molar-refractivity contribution in [2.75, 3.05) is 7.11 Å². The minimum absolute atomic E-state index is 0.316. The highest BCUT2D eigenvalue weighted by Gasteiger charge is 2.31. The number of carboxylic acid groups (broad SMARTS) is 1. The lowest BCUT2D eigenvalue weighted by molar-refractivity contribution is -0.274. The maximum absolute atomic E-state index is 12.3. The van der Waals surface area contributed by atoms with Crippen LogP contribution < -0.4 is 9.47 Å². The minimum atomic E-state index is -4.75. The Labute approximate surface area is 184 Å². The van der Waals surface area contributed by atoms with Gasteiger partial charge in [-0.25, -0.2) is 4.79 Å². The van der Waals surface area contributed by atoms with Crippen LogP contribution in [0, 0.1) is 13.8 Å². The molecule has 2 aromatic rings. The monoisotopic (exact) mass is 453 g/mol. The van der Waals surface area contributed by atoms with Gasteiger partial charge in [-0.05, 0) is 87.1 Å². The lowest BCUT2D eigenvalue weighted by Gasteiger charge is -2.24. The van der Waals surface area contributed by atoms with Crippen molar-refractivity contribution in [3.8, 4) is 11.5 Å². The van der Waals surface area contributed by atoms with Gasteiger partial charge < -0.3 is 19.4 Å². The van der Waals surface area contributed by atoms with E-state index in [1.54, 1.807) is 0 Å². The minimum Gasteiger partial charge on any atom is -0.478 e. The lowest BCUT2D eigenvalue weighted by Crippen LogP contribution is -2.38. The zero-order valence-corrected chi connectivity index (χ0v) is 18.5. The summed E-state index contributed by atoms with van der Waals surface area (Å²) in [7, 11) is 1.39. The van der Waals surface area contributed by atoms with Gasteiger partial charge in [-0.2, -0.15) is 0 Å². The number of rotatable bonds is 9. The first-order chi connectivity index (χ1) is 14.8. The second-order valence-electron chi connectivity index (χ2n) is 7.77. The van der Waals surface area contributed by atoms with Gasteiger partial charge in [0.05, 0.1) is 5.71 Å². The Morgan fingerprint density at radius 1 is 1.03 bits per heavy atom. The number of benzene rings is 2. The predicted molar refractivity (Wildman–Crippen MR) is 113 cm³/mol. The number of ether oxygens (including phenoxy) is 2. The maximum atomic E-state index is 12.3. The summed E-state index contributed by atoms with van der Waals surface area (Å²) in [5.74, 6) is -0.858. The number of hydrogen-bond donors (Lipinski definition) is 1. The highest BCUT2D eigenvalue weighted by atomic mass is 19.4. The average Bonchev–Trinajstić information content (AvgIpc) is 2.67. The molecule has 0 fully saturated rings. The predicted octanol–water partition coefficient (Wildman–Crippen LogP) is 5.43. The number of oxime groups is 1. The SMILES string of the molecule is CO/N=C(\CCc1cc(C)c(OC(C)(C)C(=O)O)c(C)c1)c1ccc(OC(F)(F)F)cc1. The van der Waals surface area contributed by atoms with Gasteiger partial charge in [0.15, 0.2) is 5.60 Å². The van der Waals surface area contributed by atoms with Crippen LogP contribution >= 0.6 is 0 Å². The number of carbonyl (C=O) groups is 1. The number of alkyl halides is 3. The van der Waals surface area contributed by atoms with Crippen molar-refractivity contribution in [2.45, 2.75) is 52.5 Å². The molecule has 0 bridgehead atoms. The van der Waals surface area contributed by atoms with Crippen molar-refractivity contribution in [2.24, 2.45) is 5.16 Å². The van der Waals surface area contributed by atoms with Crippen molar-refractivity contribution in [1.82, 2.24) is 0 Å². The third-order valence-corrected chi connectivity index (χ3v) is 4.67. The molecule has 32 heavy (non-hydrogen) atoms.